The van der Waals surface area contributed by atoms with Gasteiger partial charge < -0.3 is 0 Å². The third kappa shape index (κ3) is 4.71. The molecular weight excluding hydrogens is 772 g/mol. The molecule has 5 aromatic carbocycles. The minimum Gasteiger partial charge on any atom is -0.238 e. The van der Waals surface area contributed by atoms with Crippen molar-refractivity contribution in [1.82, 2.24) is 18.7 Å². The molecule has 1 aliphatic rings. The van der Waals surface area contributed by atoms with Gasteiger partial charge in [-0.3, -0.25) is 0 Å². The van der Waals surface area contributed by atoms with Crippen molar-refractivity contribution in [2.75, 3.05) is 0 Å². The number of pyridine rings is 1. The molecule has 238 valence electrons. The standard InChI is InChI=1S/C42H32N4O.Pt/c1-28-23-42(43-26-36(28)29-11-4-3-5-12-29)46-38-15-7-6-14-33(38)34-22-21-32(25-41(34)46)47-31-20-19-30-13-10-18-37(35(30)24-31)45-27-44(2)39-16-8-9-17-40(39)45;/h3-9,11-12,14-17,19-23,26,37H,10,13,18H2,1-2H3;/q-2;/i1D3;. The summed E-state index contributed by atoms with van der Waals surface area (Å²) in [6.45, 7) is -2.35. The fourth-order valence-corrected chi connectivity index (χ4v) is 8.17. The van der Waals surface area contributed by atoms with Crippen LogP contribution in [0.5, 0.6) is 11.5 Å². The van der Waals surface area contributed by atoms with E-state index in [0.717, 1.165) is 52.2 Å². The Hall–Kier alpha value is -4.99. The van der Waals surface area contributed by atoms with Gasteiger partial charge in [0.1, 0.15) is 0 Å². The molecule has 1 atom stereocenters. The van der Waals surface area contributed by atoms with Gasteiger partial charge in [0.2, 0.25) is 0 Å². The molecule has 0 radical (unpaired) electrons. The molecule has 0 fully saturated rings. The average Bonchev–Trinajstić information content (AvgIpc) is 3.61. The van der Waals surface area contributed by atoms with E-state index in [1.807, 2.05) is 71.3 Å². The predicted octanol–water partition coefficient (Wildman–Crippen LogP) is 9.84. The van der Waals surface area contributed by atoms with Crippen LogP contribution in [-0.2, 0) is 32.8 Å². The first-order chi connectivity index (χ1) is 24.8. The molecule has 3 heterocycles. The molecule has 0 saturated heterocycles. The number of nitrogens with zero attached hydrogens (tertiary/aromatic N) is 4. The summed E-state index contributed by atoms with van der Waals surface area (Å²) in [4.78, 5) is 4.84. The van der Waals surface area contributed by atoms with Crippen molar-refractivity contribution in [1.29, 1.82) is 0 Å². The van der Waals surface area contributed by atoms with E-state index in [0.29, 0.717) is 22.9 Å². The molecule has 9 rings (SSSR count). The molecule has 3 aromatic heterocycles. The molecule has 8 aromatic rings. The molecule has 5 nitrogen and oxygen atoms in total. The zero-order chi connectivity index (χ0) is 34.9. The number of aromatic nitrogens is 4. The Kier molecular flexibility index (Phi) is 6.29. The molecule has 0 aliphatic heterocycles. The van der Waals surface area contributed by atoms with E-state index in [9.17, 15) is 0 Å². The SMILES string of the molecule is [2H]C([2H])([2H])c1cc(-n2c3[c-]c(Oc4[c-]c5c(cc4)CCCC5n4[c](=[Pt])n(C)c5ccccc54)ccc3c3ccccc32)ncc1-c1ccccc1. The van der Waals surface area contributed by atoms with Crippen LogP contribution in [0.15, 0.2) is 115 Å². The Labute approximate surface area is 294 Å². The van der Waals surface area contributed by atoms with E-state index in [1.165, 1.54) is 20.4 Å². The summed E-state index contributed by atoms with van der Waals surface area (Å²) in [5.41, 5.74) is 8.17. The fraction of sp³-hybridized carbons (Fsp3) is 0.143. The molecular formula is C42H32N4OPt-2. The second kappa shape index (κ2) is 11.6. The maximum absolute atomic E-state index is 8.42. The van der Waals surface area contributed by atoms with E-state index in [1.54, 1.807) is 12.3 Å². The molecule has 0 amide bonds. The van der Waals surface area contributed by atoms with Crippen molar-refractivity contribution in [2.45, 2.75) is 32.2 Å². The molecule has 0 bridgehead atoms. The van der Waals surface area contributed by atoms with Crippen molar-refractivity contribution >= 4 is 32.8 Å². The topological polar surface area (TPSA) is 36.9 Å². The Bertz CT molecular complexity index is 2690. The van der Waals surface area contributed by atoms with Crippen molar-refractivity contribution < 1.29 is 28.2 Å². The maximum atomic E-state index is 8.42. The summed E-state index contributed by atoms with van der Waals surface area (Å²) >= 11 is 2.44. The minimum absolute atomic E-state index is 0.141. The quantitative estimate of drug-likeness (QED) is 0.163. The van der Waals surface area contributed by atoms with E-state index in [-0.39, 0.29) is 11.6 Å². The molecule has 1 aliphatic carbocycles. The van der Waals surface area contributed by atoms with Gasteiger partial charge in [0.05, 0.1) is 0 Å². The van der Waals surface area contributed by atoms with Crippen LogP contribution in [0.4, 0.5) is 0 Å². The van der Waals surface area contributed by atoms with E-state index >= 15 is 0 Å². The van der Waals surface area contributed by atoms with Gasteiger partial charge >= 0.3 is 196 Å². The summed E-state index contributed by atoms with van der Waals surface area (Å²) in [6.07, 6.45) is 4.81. The first-order valence-electron chi connectivity index (χ1n) is 17.6. The first kappa shape index (κ1) is 26.0. The van der Waals surface area contributed by atoms with Gasteiger partial charge in [-0.2, -0.15) is 0 Å². The van der Waals surface area contributed by atoms with Crippen LogP contribution in [0.2, 0.25) is 0 Å². The summed E-state index contributed by atoms with van der Waals surface area (Å²) < 4.78 is 39.7. The number of hydrogen-bond acceptors (Lipinski definition) is 2. The van der Waals surface area contributed by atoms with Crippen molar-refractivity contribution in [3.8, 4) is 28.4 Å². The number of hydrogen-bond donors (Lipinski definition) is 0. The van der Waals surface area contributed by atoms with Crippen molar-refractivity contribution in [2.24, 2.45) is 7.05 Å². The second-order valence-electron chi connectivity index (χ2n) is 12.3. The van der Waals surface area contributed by atoms with Gasteiger partial charge in [-0.15, -0.1) is 0 Å². The van der Waals surface area contributed by atoms with Crippen LogP contribution in [0, 0.1) is 22.8 Å². The number of aryl methyl sites for hydroxylation is 3. The number of imidazole rings is 1. The van der Waals surface area contributed by atoms with Gasteiger partial charge in [0.25, 0.3) is 0 Å². The molecule has 6 heteroatoms. The Morgan fingerprint density at radius 2 is 1.58 bits per heavy atom. The molecule has 48 heavy (non-hydrogen) atoms. The van der Waals surface area contributed by atoms with Crippen molar-refractivity contribution in [3.63, 3.8) is 0 Å². The Morgan fingerprint density at radius 1 is 0.833 bits per heavy atom. The van der Waals surface area contributed by atoms with Gasteiger partial charge in [0, 0.05) is 15.9 Å². The first-order valence-corrected chi connectivity index (χ1v) is 17.3. The number of rotatable bonds is 5. The number of fused-ring (bicyclic) bond motifs is 5. The third-order valence-corrected chi connectivity index (χ3v) is 10.8. The number of benzene rings is 5. The molecule has 0 N–H and O–H groups in total. The van der Waals surface area contributed by atoms with Crippen LogP contribution >= 0.6 is 0 Å². The summed E-state index contributed by atoms with van der Waals surface area (Å²) in [6, 6.07) is 43.3. The van der Waals surface area contributed by atoms with Crippen LogP contribution in [0.3, 0.4) is 0 Å². The third-order valence-electron chi connectivity index (χ3n) is 9.53. The Morgan fingerprint density at radius 3 is 2.44 bits per heavy atom. The fourth-order valence-electron chi connectivity index (χ4n) is 7.27. The molecule has 0 spiro atoms. The van der Waals surface area contributed by atoms with Gasteiger partial charge in [-0.05, 0) is 30.1 Å². The molecule has 1 unspecified atom stereocenters. The van der Waals surface area contributed by atoms with Gasteiger partial charge in [-0.1, -0.05) is 48.5 Å². The van der Waals surface area contributed by atoms with Crippen molar-refractivity contribution in [3.05, 3.63) is 148 Å². The predicted molar refractivity (Wildman–Crippen MR) is 188 cm³/mol. The Balaban J connectivity index is 1.15. The van der Waals surface area contributed by atoms with Crippen LogP contribution in [0.25, 0.3) is 49.8 Å². The minimum atomic E-state index is -2.35. The summed E-state index contributed by atoms with van der Waals surface area (Å²) in [5.74, 6) is 1.68. The van der Waals surface area contributed by atoms with Crippen LogP contribution < -0.4 is 4.74 Å². The average molecular weight is 807 g/mol. The van der Waals surface area contributed by atoms with E-state index < -0.39 is 6.85 Å². The second-order valence-corrected chi connectivity index (χ2v) is 13.3. The van der Waals surface area contributed by atoms with E-state index in [4.69, 9.17) is 13.8 Å². The number of ether oxygens (including phenoxy) is 1. The van der Waals surface area contributed by atoms with Crippen LogP contribution in [0.1, 0.15) is 39.7 Å². The van der Waals surface area contributed by atoms with Gasteiger partial charge in [-0.25, -0.2) is 4.98 Å². The van der Waals surface area contributed by atoms with E-state index in [2.05, 4.69) is 84.1 Å². The normalized spacial score (nSPS) is 15.7. The molecule has 0 saturated carbocycles. The smallest absolute Gasteiger partial charge is 0.238 e. The zero-order valence-electron chi connectivity index (χ0n) is 29.2. The monoisotopic (exact) mass is 806 g/mol. The number of para-hydroxylation sites is 3. The van der Waals surface area contributed by atoms with Crippen LogP contribution in [-0.4, -0.2) is 18.7 Å². The van der Waals surface area contributed by atoms with Gasteiger partial charge in [0.15, 0.2) is 0 Å². The summed E-state index contributed by atoms with van der Waals surface area (Å²) in [5, 5.41) is 1.99. The summed E-state index contributed by atoms with van der Waals surface area (Å²) in [7, 11) is 2.12. The zero-order valence-corrected chi connectivity index (χ0v) is 28.5.